The van der Waals surface area contributed by atoms with Crippen molar-refractivity contribution in [2.45, 2.75) is 9.72 Å². The van der Waals surface area contributed by atoms with Crippen LogP contribution in [-0.4, -0.2) is 30.7 Å². The summed E-state index contributed by atoms with van der Waals surface area (Å²) in [4.78, 5) is 12.0. The van der Waals surface area contributed by atoms with E-state index in [0.717, 1.165) is 5.69 Å². The fraction of sp³-hybridized carbons (Fsp3) is 0.364. The summed E-state index contributed by atoms with van der Waals surface area (Å²) in [6.07, 6.45) is 2.03. The molecule has 1 aromatic carbocycles. The highest BCUT2D eigenvalue weighted by molar-refractivity contribution is 9.10. The number of carbonyl (C=O) groups excluding carboxylic acids is 1. The summed E-state index contributed by atoms with van der Waals surface area (Å²) in [5.74, 6) is -0.270. The zero-order chi connectivity index (χ0) is 12.0. The Hall–Kier alpha value is -0.680. The van der Waals surface area contributed by atoms with E-state index < -0.39 is 0 Å². The van der Waals surface area contributed by atoms with Crippen molar-refractivity contribution in [3.05, 3.63) is 24.3 Å². The second-order valence-corrected chi connectivity index (χ2v) is 5.09. The number of anilines is 1. The van der Waals surface area contributed by atoms with E-state index >= 15 is 0 Å². The fourth-order valence-corrected chi connectivity index (χ4v) is 1.96. The lowest BCUT2D eigenvalue weighted by atomic mass is 10.3. The molecule has 0 saturated carbocycles. The standard InChI is InChI=1S/C11H14BrNO2S/c1-15-11(14)10(12)7-13-8-4-3-5-9(6-8)16-2/h3-6,10,13H,7H2,1-2H3. The van der Waals surface area contributed by atoms with E-state index in [0.29, 0.717) is 6.54 Å². The molecule has 1 unspecified atom stereocenters. The van der Waals surface area contributed by atoms with Crippen LogP contribution in [0.2, 0.25) is 0 Å². The summed E-state index contributed by atoms with van der Waals surface area (Å²) in [6.45, 7) is 0.504. The summed E-state index contributed by atoms with van der Waals surface area (Å²) < 4.78 is 4.62. The fourth-order valence-electron chi connectivity index (χ4n) is 1.15. The van der Waals surface area contributed by atoms with Crippen LogP contribution in [0.5, 0.6) is 0 Å². The molecule has 1 atom stereocenters. The number of hydrogen-bond donors (Lipinski definition) is 1. The first kappa shape index (κ1) is 13.4. The number of hydrogen-bond acceptors (Lipinski definition) is 4. The lowest BCUT2D eigenvalue weighted by Gasteiger charge is -2.10. The largest absolute Gasteiger partial charge is 0.468 e. The van der Waals surface area contributed by atoms with E-state index in [-0.39, 0.29) is 10.8 Å². The van der Waals surface area contributed by atoms with Crippen LogP contribution in [0, 0.1) is 0 Å². The van der Waals surface area contributed by atoms with Crippen molar-refractivity contribution < 1.29 is 9.53 Å². The number of rotatable bonds is 5. The van der Waals surface area contributed by atoms with Gasteiger partial charge in [-0.25, -0.2) is 0 Å². The minimum Gasteiger partial charge on any atom is -0.468 e. The Bertz CT molecular complexity index is 360. The summed E-state index contributed by atoms with van der Waals surface area (Å²) in [5.41, 5.74) is 1.00. The molecule has 0 amide bonds. The van der Waals surface area contributed by atoms with Gasteiger partial charge in [0.1, 0.15) is 4.83 Å². The molecule has 0 bridgehead atoms. The van der Waals surface area contributed by atoms with Crippen molar-refractivity contribution in [1.82, 2.24) is 0 Å². The number of thioether (sulfide) groups is 1. The Morgan fingerprint density at radius 3 is 3.00 bits per heavy atom. The van der Waals surface area contributed by atoms with E-state index in [1.807, 2.05) is 30.5 Å². The highest BCUT2D eigenvalue weighted by atomic mass is 79.9. The normalized spacial score (nSPS) is 11.9. The highest BCUT2D eigenvalue weighted by Gasteiger charge is 2.14. The lowest BCUT2D eigenvalue weighted by Crippen LogP contribution is -2.24. The third-order valence-corrected chi connectivity index (χ3v) is 3.43. The summed E-state index contributed by atoms with van der Waals surface area (Å²) in [6, 6.07) is 8.04. The van der Waals surface area contributed by atoms with Gasteiger partial charge in [-0.2, -0.15) is 0 Å². The molecule has 0 fully saturated rings. The SMILES string of the molecule is COC(=O)C(Br)CNc1cccc(SC)c1. The predicted molar refractivity (Wildman–Crippen MR) is 71.4 cm³/mol. The van der Waals surface area contributed by atoms with Crippen LogP contribution in [0.15, 0.2) is 29.2 Å². The maximum atomic E-state index is 11.1. The van der Waals surface area contributed by atoms with Crippen LogP contribution >= 0.6 is 27.7 Å². The monoisotopic (exact) mass is 303 g/mol. The van der Waals surface area contributed by atoms with E-state index in [4.69, 9.17) is 0 Å². The second kappa shape index (κ2) is 6.81. The Kier molecular flexibility index (Phi) is 5.69. The third-order valence-electron chi connectivity index (χ3n) is 2.01. The molecule has 0 aromatic heterocycles. The van der Waals surface area contributed by atoms with Crippen molar-refractivity contribution in [3.8, 4) is 0 Å². The highest BCUT2D eigenvalue weighted by Crippen LogP contribution is 2.19. The van der Waals surface area contributed by atoms with Crippen LogP contribution in [-0.2, 0) is 9.53 Å². The predicted octanol–water partition coefficient (Wildman–Crippen LogP) is 2.76. The van der Waals surface area contributed by atoms with Crippen molar-refractivity contribution in [2.75, 3.05) is 25.2 Å². The number of halogens is 1. The molecule has 0 saturated heterocycles. The molecule has 0 aliphatic rings. The van der Waals surface area contributed by atoms with Gasteiger partial charge in [-0.1, -0.05) is 22.0 Å². The van der Waals surface area contributed by atoms with Gasteiger partial charge in [-0.05, 0) is 24.5 Å². The number of esters is 1. The van der Waals surface area contributed by atoms with Gasteiger partial charge in [0, 0.05) is 17.1 Å². The topological polar surface area (TPSA) is 38.3 Å². The Labute approximate surface area is 108 Å². The van der Waals surface area contributed by atoms with E-state index in [2.05, 4.69) is 26.0 Å². The Morgan fingerprint density at radius 1 is 1.62 bits per heavy atom. The zero-order valence-electron chi connectivity index (χ0n) is 9.20. The summed E-state index contributed by atoms with van der Waals surface area (Å²) >= 11 is 4.94. The molecule has 1 N–H and O–H groups in total. The van der Waals surface area contributed by atoms with Crippen molar-refractivity contribution in [2.24, 2.45) is 0 Å². The second-order valence-electron chi connectivity index (χ2n) is 3.10. The molecule has 1 aromatic rings. The van der Waals surface area contributed by atoms with Gasteiger partial charge in [-0.15, -0.1) is 11.8 Å². The number of nitrogens with one attached hydrogen (secondary N) is 1. The molecular formula is C11H14BrNO2S. The molecule has 3 nitrogen and oxygen atoms in total. The van der Waals surface area contributed by atoms with Crippen LogP contribution < -0.4 is 5.32 Å². The van der Waals surface area contributed by atoms with Crippen molar-refractivity contribution >= 4 is 39.3 Å². The molecule has 16 heavy (non-hydrogen) atoms. The van der Waals surface area contributed by atoms with Gasteiger partial charge in [0.15, 0.2) is 0 Å². The first-order chi connectivity index (χ1) is 7.67. The average Bonchev–Trinajstić information content (AvgIpc) is 2.35. The van der Waals surface area contributed by atoms with E-state index in [9.17, 15) is 4.79 Å². The number of alkyl halides is 1. The van der Waals surface area contributed by atoms with Crippen LogP contribution in [0.4, 0.5) is 5.69 Å². The quantitative estimate of drug-likeness (QED) is 0.516. The molecule has 5 heteroatoms. The molecule has 0 aliphatic carbocycles. The van der Waals surface area contributed by atoms with E-state index in [1.54, 1.807) is 11.8 Å². The van der Waals surface area contributed by atoms with Gasteiger partial charge in [0.25, 0.3) is 0 Å². The van der Waals surface area contributed by atoms with Crippen LogP contribution in [0.1, 0.15) is 0 Å². The number of ether oxygens (including phenoxy) is 1. The molecule has 0 radical (unpaired) electrons. The minimum absolute atomic E-state index is 0.270. The molecule has 0 spiro atoms. The Balaban J connectivity index is 2.51. The van der Waals surface area contributed by atoms with Gasteiger partial charge in [0.05, 0.1) is 7.11 Å². The molecular weight excluding hydrogens is 290 g/mol. The van der Waals surface area contributed by atoms with Crippen molar-refractivity contribution in [1.29, 1.82) is 0 Å². The molecule has 0 aliphatic heterocycles. The first-order valence-electron chi connectivity index (χ1n) is 4.77. The van der Waals surface area contributed by atoms with Gasteiger partial charge in [0.2, 0.25) is 0 Å². The van der Waals surface area contributed by atoms with Crippen LogP contribution in [0.25, 0.3) is 0 Å². The van der Waals surface area contributed by atoms with Crippen LogP contribution in [0.3, 0.4) is 0 Å². The Morgan fingerprint density at radius 2 is 2.38 bits per heavy atom. The average molecular weight is 304 g/mol. The number of carbonyl (C=O) groups is 1. The first-order valence-corrected chi connectivity index (χ1v) is 6.91. The lowest BCUT2D eigenvalue weighted by molar-refractivity contribution is -0.139. The van der Waals surface area contributed by atoms with Gasteiger partial charge < -0.3 is 10.1 Å². The molecule has 88 valence electrons. The smallest absolute Gasteiger partial charge is 0.321 e. The van der Waals surface area contributed by atoms with E-state index in [1.165, 1.54) is 12.0 Å². The zero-order valence-corrected chi connectivity index (χ0v) is 11.6. The summed E-state index contributed by atoms with van der Waals surface area (Å²) in [7, 11) is 1.38. The maximum Gasteiger partial charge on any atom is 0.321 e. The van der Waals surface area contributed by atoms with Crippen molar-refractivity contribution in [3.63, 3.8) is 0 Å². The third kappa shape index (κ3) is 4.06. The van der Waals surface area contributed by atoms with Gasteiger partial charge >= 0.3 is 5.97 Å². The van der Waals surface area contributed by atoms with Gasteiger partial charge in [-0.3, -0.25) is 4.79 Å². The maximum absolute atomic E-state index is 11.1. The molecule has 0 heterocycles. The molecule has 1 rings (SSSR count). The minimum atomic E-state index is -0.324. The number of methoxy groups -OCH3 is 1. The summed E-state index contributed by atoms with van der Waals surface area (Å²) in [5, 5.41) is 3.17. The number of benzene rings is 1.